The first-order valence-corrected chi connectivity index (χ1v) is 6.67. The van der Waals surface area contributed by atoms with Crippen LogP contribution in [-0.4, -0.2) is 11.3 Å². The van der Waals surface area contributed by atoms with Crippen molar-refractivity contribution in [2.24, 2.45) is 0 Å². The van der Waals surface area contributed by atoms with Crippen molar-refractivity contribution in [1.29, 1.82) is 0 Å². The van der Waals surface area contributed by atoms with Gasteiger partial charge in [-0.3, -0.25) is 4.79 Å². The van der Waals surface area contributed by atoms with Crippen molar-refractivity contribution >= 4 is 17.6 Å². The highest BCUT2D eigenvalue weighted by atomic mass is 32.1. The van der Waals surface area contributed by atoms with Gasteiger partial charge in [0.25, 0.3) is 0 Å². The molecule has 0 atom stereocenters. The summed E-state index contributed by atoms with van der Waals surface area (Å²) in [6, 6.07) is 7.80. The van der Waals surface area contributed by atoms with Gasteiger partial charge in [0.2, 0.25) is 0 Å². The third-order valence-electron chi connectivity index (χ3n) is 2.57. The zero-order valence-electron chi connectivity index (χ0n) is 10.5. The summed E-state index contributed by atoms with van der Waals surface area (Å²) in [5.74, 6) is 0.544. The monoisotopic (exact) mass is 261 g/mol. The van der Waals surface area contributed by atoms with Crippen molar-refractivity contribution in [3.8, 4) is 5.75 Å². The highest BCUT2D eigenvalue weighted by Gasteiger charge is 2.06. The maximum absolute atomic E-state index is 10.9. The predicted octanol–water partition coefficient (Wildman–Crippen LogP) is 3.41. The third kappa shape index (κ3) is 2.96. The van der Waals surface area contributed by atoms with Crippen molar-refractivity contribution in [2.75, 3.05) is 0 Å². The topological polar surface area (TPSA) is 39.2 Å². The normalized spacial score (nSPS) is 10.3. The molecule has 2 heterocycles. The van der Waals surface area contributed by atoms with E-state index in [-0.39, 0.29) is 0 Å². The van der Waals surface area contributed by atoms with Gasteiger partial charge in [-0.05, 0) is 37.6 Å². The van der Waals surface area contributed by atoms with Crippen LogP contribution < -0.4 is 4.74 Å². The van der Waals surface area contributed by atoms with E-state index in [9.17, 15) is 4.79 Å². The second-order valence-electron chi connectivity index (χ2n) is 3.96. The lowest BCUT2D eigenvalue weighted by atomic mass is 10.3. The van der Waals surface area contributed by atoms with E-state index in [0.29, 0.717) is 18.1 Å². The second-order valence-corrected chi connectivity index (χ2v) is 5.22. The Bertz CT molecular complexity index is 548. The molecular formula is C14H15NO2S. The lowest BCUT2D eigenvalue weighted by Crippen LogP contribution is -1.99. The molecule has 0 spiro atoms. The molecule has 2 aromatic rings. The SMILES string of the molecule is CCc1ccc(COc2ccc(C)nc2C=O)s1. The van der Waals surface area contributed by atoms with Gasteiger partial charge in [0, 0.05) is 15.4 Å². The molecule has 18 heavy (non-hydrogen) atoms. The average Bonchev–Trinajstić information content (AvgIpc) is 2.85. The third-order valence-corrected chi connectivity index (χ3v) is 3.78. The maximum Gasteiger partial charge on any atom is 0.172 e. The molecule has 0 unspecified atom stereocenters. The Labute approximate surface area is 110 Å². The smallest absolute Gasteiger partial charge is 0.172 e. The Balaban J connectivity index is 2.07. The van der Waals surface area contributed by atoms with Gasteiger partial charge in [-0.2, -0.15) is 0 Å². The lowest BCUT2D eigenvalue weighted by molar-refractivity contribution is 0.111. The minimum absolute atomic E-state index is 0.363. The van der Waals surface area contributed by atoms with Crippen molar-refractivity contribution in [1.82, 2.24) is 4.98 Å². The molecule has 0 aromatic carbocycles. The van der Waals surface area contributed by atoms with Crippen LogP contribution in [0, 0.1) is 6.92 Å². The number of hydrogen-bond acceptors (Lipinski definition) is 4. The molecule has 0 aliphatic heterocycles. The van der Waals surface area contributed by atoms with Crippen molar-refractivity contribution in [3.63, 3.8) is 0 Å². The van der Waals surface area contributed by atoms with Crippen LogP contribution >= 0.6 is 11.3 Å². The molecule has 0 aliphatic rings. The lowest BCUT2D eigenvalue weighted by Gasteiger charge is -2.06. The molecule has 0 amide bonds. The first-order chi connectivity index (χ1) is 8.72. The molecule has 2 rings (SSSR count). The van der Waals surface area contributed by atoms with E-state index in [0.717, 1.165) is 23.3 Å². The number of nitrogens with zero attached hydrogens (tertiary/aromatic N) is 1. The van der Waals surface area contributed by atoms with Gasteiger partial charge >= 0.3 is 0 Å². The Morgan fingerprint density at radius 2 is 2.06 bits per heavy atom. The number of aldehydes is 1. The van der Waals surface area contributed by atoms with E-state index in [4.69, 9.17) is 4.74 Å². The highest BCUT2D eigenvalue weighted by Crippen LogP contribution is 2.21. The number of hydrogen-bond donors (Lipinski definition) is 0. The van der Waals surface area contributed by atoms with E-state index in [1.54, 1.807) is 17.4 Å². The summed E-state index contributed by atoms with van der Waals surface area (Å²) in [7, 11) is 0. The van der Waals surface area contributed by atoms with Crippen LogP contribution in [0.25, 0.3) is 0 Å². The summed E-state index contributed by atoms with van der Waals surface area (Å²) in [4.78, 5) is 17.5. The minimum atomic E-state index is 0.363. The molecule has 0 bridgehead atoms. The Morgan fingerprint density at radius 1 is 1.28 bits per heavy atom. The highest BCUT2D eigenvalue weighted by molar-refractivity contribution is 7.11. The molecule has 2 aromatic heterocycles. The fourth-order valence-corrected chi connectivity index (χ4v) is 2.48. The molecule has 3 nitrogen and oxygen atoms in total. The number of ether oxygens (including phenoxy) is 1. The minimum Gasteiger partial charge on any atom is -0.486 e. The van der Waals surface area contributed by atoms with Crippen LogP contribution in [-0.2, 0) is 13.0 Å². The summed E-state index contributed by atoms with van der Waals surface area (Å²) in [5, 5.41) is 0. The summed E-state index contributed by atoms with van der Waals surface area (Å²) in [6.07, 6.45) is 1.77. The molecule has 0 N–H and O–H groups in total. The van der Waals surface area contributed by atoms with Crippen molar-refractivity contribution < 1.29 is 9.53 Å². The van der Waals surface area contributed by atoms with Gasteiger partial charge in [0.15, 0.2) is 6.29 Å². The van der Waals surface area contributed by atoms with Gasteiger partial charge in [-0.1, -0.05) is 6.92 Å². The number of aryl methyl sites for hydroxylation is 2. The summed E-state index contributed by atoms with van der Waals surface area (Å²) in [6.45, 7) is 4.46. The Kier molecular flexibility index (Phi) is 4.10. The number of carbonyl (C=O) groups is 1. The van der Waals surface area contributed by atoms with Crippen LogP contribution in [0.2, 0.25) is 0 Å². The van der Waals surface area contributed by atoms with Gasteiger partial charge < -0.3 is 4.74 Å². The summed E-state index contributed by atoms with van der Waals surface area (Å²) >= 11 is 1.73. The van der Waals surface area contributed by atoms with Gasteiger partial charge in [0.1, 0.15) is 18.1 Å². The fraction of sp³-hybridized carbons (Fsp3) is 0.286. The number of pyridine rings is 1. The van der Waals surface area contributed by atoms with Crippen LogP contribution in [0.4, 0.5) is 0 Å². The number of thiophene rings is 1. The van der Waals surface area contributed by atoms with Crippen LogP contribution in [0.15, 0.2) is 24.3 Å². The van der Waals surface area contributed by atoms with Gasteiger partial charge in [0.05, 0.1) is 0 Å². The maximum atomic E-state index is 10.9. The first kappa shape index (κ1) is 12.8. The first-order valence-electron chi connectivity index (χ1n) is 5.86. The van der Waals surface area contributed by atoms with E-state index in [1.165, 1.54) is 4.88 Å². The fourth-order valence-electron chi connectivity index (χ4n) is 1.61. The second kappa shape index (κ2) is 5.78. The molecule has 0 saturated carbocycles. The molecule has 0 saturated heterocycles. The van der Waals surface area contributed by atoms with E-state index in [2.05, 4.69) is 24.0 Å². The number of carbonyl (C=O) groups excluding carboxylic acids is 1. The zero-order chi connectivity index (χ0) is 13.0. The van der Waals surface area contributed by atoms with Crippen LogP contribution in [0.5, 0.6) is 5.75 Å². The van der Waals surface area contributed by atoms with Crippen molar-refractivity contribution in [2.45, 2.75) is 26.9 Å². The Hall–Kier alpha value is -1.68. The number of aromatic nitrogens is 1. The summed E-state index contributed by atoms with van der Waals surface area (Å²) < 4.78 is 5.64. The molecule has 0 fully saturated rings. The van der Waals surface area contributed by atoms with Crippen LogP contribution in [0.1, 0.15) is 32.9 Å². The quantitative estimate of drug-likeness (QED) is 0.774. The molecule has 0 aliphatic carbocycles. The van der Waals surface area contributed by atoms with E-state index in [1.807, 2.05) is 13.0 Å². The van der Waals surface area contributed by atoms with E-state index < -0.39 is 0 Å². The molecule has 94 valence electrons. The average molecular weight is 261 g/mol. The van der Waals surface area contributed by atoms with Gasteiger partial charge in [-0.25, -0.2) is 4.98 Å². The largest absolute Gasteiger partial charge is 0.486 e. The van der Waals surface area contributed by atoms with E-state index >= 15 is 0 Å². The predicted molar refractivity (Wildman–Crippen MR) is 72.4 cm³/mol. The zero-order valence-corrected chi connectivity index (χ0v) is 11.3. The Morgan fingerprint density at radius 3 is 2.72 bits per heavy atom. The molecule has 4 heteroatoms. The van der Waals surface area contributed by atoms with Crippen LogP contribution in [0.3, 0.4) is 0 Å². The standard InChI is InChI=1S/C14H15NO2S/c1-3-11-5-6-12(18-11)9-17-14-7-4-10(2)15-13(14)8-16/h4-8H,3,9H2,1-2H3. The molecular weight excluding hydrogens is 246 g/mol. The number of rotatable bonds is 5. The van der Waals surface area contributed by atoms with Gasteiger partial charge in [-0.15, -0.1) is 11.3 Å². The summed E-state index contributed by atoms with van der Waals surface area (Å²) in [5.41, 5.74) is 1.18. The van der Waals surface area contributed by atoms with Crippen molar-refractivity contribution in [3.05, 3.63) is 45.4 Å². The molecule has 0 radical (unpaired) electrons.